The van der Waals surface area contributed by atoms with Gasteiger partial charge in [-0.2, -0.15) is 0 Å². The van der Waals surface area contributed by atoms with Gasteiger partial charge >= 0.3 is 0 Å². The van der Waals surface area contributed by atoms with Gasteiger partial charge in [0.05, 0.1) is 13.7 Å². The number of ether oxygens (including phenoxy) is 1. The van der Waals surface area contributed by atoms with Gasteiger partial charge in [-0.3, -0.25) is 19.3 Å². The Hall–Kier alpha value is -0.110. The molecule has 0 aromatic carbocycles. The largest absolute Gasteiger partial charge is 0.499 e. The van der Waals surface area contributed by atoms with E-state index in [2.05, 4.69) is 0 Å². The molecule has 12 heteroatoms. The second kappa shape index (κ2) is 14.1. The van der Waals surface area contributed by atoms with E-state index in [-0.39, 0.29) is 42.5 Å². The highest BCUT2D eigenvalue weighted by Crippen LogP contribution is 2.32. The van der Waals surface area contributed by atoms with Gasteiger partial charge in [-0.05, 0) is 19.3 Å². The van der Waals surface area contributed by atoms with Crippen LogP contribution in [-0.4, -0.2) is 43.9 Å². The van der Waals surface area contributed by atoms with Crippen LogP contribution in [0.1, 0.15) is 53.4 Å². The van der Waals surface area contributed by atoms with Crippen molar-refractivity contribution in [1.29, 1.82) is 0 Å². The topological polar surface area (TPSA) is 89.7 Å². The number of nitrogens with zero attached hydrogens (tertiary/aromatic N) is 1. The second-order valence-corrected chi connectivity index (χ2v) is 12.2. The number of halogens is 6. The van der Waals surface area contributed by atoms with E-state index >= 15 is 0 Å². The van der Waals surface area contributed by atoms with Gasteiger partial charge in [0, 0.05) is 17.9 Å². The van der Waals surface area contributed by atoms with E-state index in [1.54, 1.807) is 20.8 Å². The zero-order valence-corrected chi connectivity index (χ0v) is 22.1. The fraction of sp³-hybridized carbons (Fsp3) is 0.722. The van der Waals surface area contributed by atoms with Gasteiger partial charge in [-0.1, -0.05) is 97.3 Å². The summed E-state index contributed by atoms with van der Waals surface area (Å²) in [7, 11) is 1.45. The lowest BCUT2D eigenvalue weighted by atomic mass is 9.96. The van der Waals surface area contributed by atoms with Crippen LogP contribution in [0.5, 0.6) is 0 Å². The van der Waals surface area contributed by atoms with E-state index in [4.69, 9.17) is 80.1 Å². The van der Waals surface area contributed by atoms with E-state index in [1.807, 2.05) is 6.92 Å². The Morgan fingerprint density at radius 2 is 1.53 bits per heavy atom. The van der Waals surface area contributed by atoms with Crippen LogP contribution in [0.25, 0.3) is 0 Å². The van der Waals surface area contributed by atoms with Crippen molar-refractivity contribution in [2.45, 2.75) is 61.0 Å². The van der Waals surface area contributed by atoms with E-state index < -0.39 is 7.59 Å². The van der Waals surface area contributed by atoms with Crippen LogP contribution in [0.4, 0.5) is 0 Å². The summed E-state index contributed by atoms with van der Waals surface area (Å²) in [5.41, 5.74) is 4.57. The van der Waals surface area contributed by atoms with Crippen LogP contribution in [0.2, 0.25) is 0 Å². The maximum atomic E-state index is 11.7. The molecule has 0 aliphatic carbocycles. The number of hydrogen-bond donors (Lipinski definition) is 1. The van der Waals surface area contributed by atoms with E-state index in [1.165, 1.54) is 13.2 Å². The fourth-order valence-electron chi connectivity index (χ4n) is 1.40. The van der Waals surface area contributed by atoms with Gasteiger partial charge < -0.3 is 10.5 Å². The SMILES string of the molecule is CC(C)(C)C(N)=O.CCC(Cl)(Cl)Cl.COC1=CC(=O)N(C(=O)CCCC(Cl)(Cl)Cl)C1. The first-order valence-corrected chi connectivity index (χ1v) is 11.1. The van der Waals surface area contributed by atoms with Crippen LogP contribution >= 0.6 is 69.6 Å². The van der Waals surface area contributed by atoms with E-state index in [0.29, 0.717) is 18.6 Å². The van der Waals surface area contributed by atoms with Crippen LogP contribution < -0.4 is 5.73 Å². The first kappa shape index (κ1) is 32.1. The molecule has 2 N–H and O–H groups in total. The van der Waals surface area contributed by atoms with Crippen molar-refractivity contribution in [3.05, 3.63) is 11.8 Å². The lowest BCUT2D eigenvalue weighted by Gasteiger charge is -2.15. The normalized spacial score (nSPS) is 14.2. The Balaban J connectivity index is 0. The molecule has 30 heavy (non-hydrogen) atoms. The number of hydrogen-bond acceptors (Lipinski definition) is 4. The summed E-state index contributed by atoms with van der Waals surface area (Å²) < 4.78 is 2.51. The maximum absolute atomic E-state index is 11.7. The van der Waals surface area contributed by atoms with Gasteiger partial charge in [0.25, 0.3) is 5.91 Å². The summed E-state index contributed by atoms with van der Waals surface area (Å²) in [6.45, 7) is 7.36. The molecule has 1 aliphatic rings. The summed E-state index contributed by atoms with van der Waals surface area (Å²) in [5.74, 6) is -0.425. The molecule has 0 saturated heterocycles. The highest BCUT2D eigenvalue weighted by Gasteiger charge is 2.28. The average Bonchev–Trinajstić information content (AvgIpc) is 2.94. The Labute approximate surface area is 208 Å². The van der Waals surface area contributed by atoms with Crippen LogP contribution in [0.3, 0.4) is 0 Å². The number of alkyl halides is 6. The number of amides is 3. The highest BCUT2D eigenvalue weighted by atomic mass is 35.6. The van der Waals surface area contributed by atoms with Crippen molar-refractivity contribution in [3.63, 3.8) is 0 Å². The molecule has 0 atom stereocenters. The molecule has 0 bridgehead atoms. The molecule has 6 nitrogen and oxygen atoms in total. The first-order valence-electron chi connectivity index (χ1n) is 8.86. The molecule has 0 aromatic heterocycles. The summed E-state index contributed by atoms with van der Waals surface area (Å²) in [6, 6.07) is 0. The molecule has 0 fully saturated rings. The predicted octanol–water partition coefficient (Wildman–Crippen LogP) is 5.71. The molecule has 1 aliphatic heterocycles. The zero-order valence-electron chi connectivity index (χ0n) is 17.5. The maximum Gasteiger partial charge on any atom is 0.257 e. The van der Waals surface area contributed by atoms with E-state index in [9.17, 15) is 14.4 Å². The lowest BCUT2D eigenvalue weighted by molar-refractivity contribution is -0.140. The van der Waals surface area contributed by atoms with Crippen LogP contribution in [0, 0.1) is 5.41 Å². The molecule has 3 amide bonds. The Morgan fingerprint density at radius 3 is 1.80 bits per heavy atom. The van der Waals surface area contributed by atoms with Crippen molar-refractivity contribution in [2.24, 2.45) is 11.1 Å². The zero-order chi connectivity index (χ0) is 24.3. The lowest BCUT2D eigenvalue weighted by Crippen LogP contribution is -2.33. The van der Waals surface area contributed by atoms with Crippen LogP contribution in [-0.2, 0) is 19.1 Å². The minimum atomic E-state index is -1.36. The minimum Gasteiger partial charge on any atom is -0.499 e. The van der Waals surface area contributed by atoms with Crippen LogP contribution in [0.15, 0.2) is 11.8 Å². The van der Waals surface area contributed by atoms with Crippen molar-refractivity contribution in [3.8, 4) is 0 Å². The summed E-state index contributed by atoms with van der Waals surface area (Å²) in [6.07, 6.45) is 2.73. The fourth-order valence-corrected chi connectivity index (χ4v) is 1.81. The van der Waals surface area contributed by atoms with Crippen molar-refractivity contribution in [2.75, 3.05) is 13.7 Å². The monoisotopic (exact) mass is 546 g/mol. The van der Waals surface area contributed by atoms with Gasteiger partial charge in [0.15, 0.2) is 7.59 Å². The quantitative estimate of drug-likeness (QED) is 0.456. The molecule has 1 rings (SSSR count). The third kappa shape index (κ3) is 17.6. The van der Waals surface area contributed by atoms with Crippen molar-refractivity contribution < 1.29 is 19.1 Å². The molecule has 1 heterocycles. The number of primary amides is 1. The highest BCUT2D eigenvalue weighted by molar-refractivity contribution is 6.67. The number of methoxy groups -OCH3 is 1. The average molecular weight is 549 g/mol. The Kier molecular flexibility index (Phi) is 15.1. The standard InChI is InChI=1S/C10H12Cl3NO3.C5H11NO.C3H5Cl3/c1-17-7-5-9(16)14(6-7)8(15)3-2-4-10(11,12)13;1-5(2,3)4(6)7;1-2-3(4,5)6/h5H,2-4,6H2,1H3;1-3H3,(H2,6,7);2H2,1H3. The van der Waals surface area contributed by atoms with Gasteiger partial charge in [-0.15, -0.1) is 0 Å². The smallest absolute Gasteiger partial charge is 0.257 e. The van der Waals surface area contributed by atoms with E-state index in [0.717, 1.165) is 4.90 Å². The number of rotatable bonds is 4. The molecule has 0 aromatic rings. The number of nitrogens with two attached hydrogens (primary N) is 1. The molecule has 0 unspecified atom stereocenters. The Bertz CT molecular complexity index is 607. The molecule has 0 radical (unpaired) electrons. The summed E-state index contributed by atoms with van der Waals surface area (Å²) in [4.78, 5) is 34.5. The molecular formula is C18H28Cl6N2O4. The second-order valence-electron chi connectivity index (χ2n) is 7.18. The number of imide groups is 1. The third-order valence-corrected chi connectivity index (χ3v) is 4.79. The summed E-state index contributed by atoms with van der Waals surface area (Å²) in [5, 5.41) is 0. The predicted molar refractivity (Wildman–Crippen MR) is 125 cm³/mol. The van der Waals surface area contributed by atoms with Crippen molar-refractivity contribution >= 4 is 87.3 Å². The van der Waals surface area contributed by atoms with Crippen molar-refractivity contribution in [1.82, 2.24) is 4.90 Å². The molecular weight excluding hydrogens is 521 g/mol. The third-order valence-electron chi connectivity index (χ3n) is 3.42. The summed E-state index contributed by atoms with van der Waals surface area (Å²) >= 11 is 32.4. The number of carbonyl (C=O) groups is 3. The number of carbonyl (C=O) groups excluding carboxylic acids is 3. The Morgan fingerprint density at radius 1 is 1.10 bits per heavy atom. The first-order chi connectivity index (χ1) is 13.3. The minimum absolute atomic E-state index is 0.171. The molecule has 176 valence electrons. The molecule has 0 saturated carbocycles. The van der Waals surface area contributed by atoms with Gasteiger partial charge in [0.2, 0.25) is 11.8 Å². The van der Waals surface area contributed by atoms with Gasteiger partial charge in [0.1, 0.15) is 5.76 Å². The molecule has 0 spiro atoms. The van der Waals surface area contributed by atoms with Gasteiger partial charge in [-0.25, -0.2) is 0 Å².